The van der Waals surface area contributed by atoms with E-state index in [1.165, 1.54) is 16.7 Å². The molecule has 4 heteroatoms. The molecule has 2 aromatic rings. The summed E-state index contributed by atoms with van der Waals surface area (Å²) in [4.78, 5) is 10.9. The molecule has 2 rings (SSSR count). The summed E-state index contributed by atoms with van der Waals surface area (Å²) in [6.07, 6.45) is 0. The molecule has 0 aliphatic carbocycles. The second kappa shape index (κ2) is 6.68. The highest BCUT2D eigenvalue weighted by Crippen LogP contribution is 2.16. The van der Waals surface area contributed by atoms with Gasteiger partial charge in [0.2, 0.25) is 0 Å². The third-order valence-corrected chi connectivity index (χ3v) is 4.37. The highest BCUT2D eigenvalue weighted by molar-refractivity contribution is 7.08. The Kier molecular flexibility index (Phi) is 4.93. The first-order valence-corrected chi connectivity index (χ1v) is 7.56. The molecule has 0 bridgehead atoms. The van der Waals surface area contributed by atoms with Gasteiger partial charge in [-0.05, 0) is 46.9 Å². The molecule has 1 heterocycles. The summed E-state index contributed by atoms with van der Waals surface area (Å²) in [6.45, 7) is 5.48. The van der Waals surface area contributed by atoms with Crippen LogP contribution in [0.25, 0.3) is 0 Å². The number of benzene rings is 1. The molecule has 20 heavy (non-hydrogen) atoms. The number of rotatable bonds is 6. The average Bonchev–Trinajstić information content (AvgIpc) is 2.84. The van der Waals surface area contributed by atoms with Crippen LogP contribution in [0.2, 0.25) is 0 Å². The van der Waals surface area contributed by atoms with Crippen LogP contribution in [-0.4, -0.2) is 11.1 Å². The van der Waals surface area contributed by atoms with Crippen LogP contribution in [0, 0.1) is 6.92 Å². The van der Waals surface area contributed by atoms with Gasteiger partial charge in [-0.1, -0.05) is 24.3 Å². The molecule has 1 aromatic carbocycles. The minimum absolute atomic E-state index is 0.453. The molecule has 0 amide bonds. The van der Waals surface area contributed by atoms with Gasteiger partial charge in [0.25, 0.3) is 0 Å². The largest absolute Gasteiger partial charge is 0.481 e. The fraction of sp³-hybridized carbons (Fsp3) is 0.312. The van der Waals surface area contributed by atoms with E-state index in [4.69, 9.17) is 5.11 Å². The minimum Gasteiger partial charge on any atom is -0.481 e. The van der Waals surface area contributed by atoms with Crippen molar-refractivity contribution in [2.75, 3.05) is 0 Å². The van der Waals surface area contributed by atoms with Crippen molar-refractivity contribution < 1.29 is 9.90 Å². The molecule has 0 radical (unpaired) electrons. The Morgan fingerprint density at radius 2 is 1.95 bits per heavy atom. The first-order valence-electron chi connectivity index (χ1n) is 6.62. The smallest absolute Gasteiger partial charge is 0.310 e. The van der Waals surface area contributed by atoms with Crippen LogP contribution in [0.15, 0.2) is 35.0 Å². The van der Waals surface area contributed by atoms with Crippen molar-refractivity contribution in [3.05, 3.63) is 57.3 Å². The van der Waals surface area contributed by atoms with Crippen LogP contribution in [-0.2, 0) is 17.9 Å². The molecule has 1 aromatic heterocycles. The van der Waals surface area contributed by atoms with E-state index in [-0.39, 0.29) is 0 Å². The molecule has 1 unspecified atom stereocenters. The fourth-order valence-electron chi connectivity index (χ4n) is 1.98. The number of carbonyl (C=O) groups is 1. The standard InChI is InChI=1S/C16H19NO2S/c1-11-9-20-10-15(11)8-17-7-13-3-5-14(6-4-13)12(2)16(18)19/h3-6,9-10,12,17H,7-8H2,1-2H3,(H,18,19). The zero-order chi connectivity index (χ0) is 14.5. The van der Waals surface area contributed by atoms with E-state index in [2.05, 4.69) is 23.0 Å². The van der Waals surface area contributed by atoms with Crippen molar-refractivity contribution in [1.29, 1.82) is 0 Å². The Balaban J connectivity index is 1.88. The number of aryl methyl sites for hydroxylation is 1. The summed E-state index contributed by atoms with van der Waals surface area (Å²) in [6, 6.07) is 7.77. The maximum atomic E-state index is 10.9. The third kappa shape index (κ3) is 3.68. The van der Waals surface area contributed by atoms with Crippen molar-refractivity contribution in [1.82, 2.24) is 5.32 Å². The van der Waals surface area contributed by atoms with E-state index in [1.807, 2.05) is 24.3 Å². The molecular formula is C16H19NO2S. The van der Waals surface area contributed by atoms with E-state index in [1.54, 1.807) is 18.3 Å². The molecule has 0 saturated carbocycles. The molecule has 2 N–H and O–H groups in total. The van der Waals surface area contributed by atoms with E-state index in [9.17, 15) is 4.79 Å². The first-order chi connectivity index (χ1) is 9.58. The van der Waals surface area contributed by atoms with Gasteiger partial charge in [0.15, 0.2) is 0 Å². The zero-order valence-corrected chi connectivity index (χ0v) is 12.5. The normalized spacial score (nSPS) is 12.3. The number of nitrogens with one attached hydrogen (secondary N) is 1. The number of thiophene rings is 1. The first kappa shape index (κ1) is 14.8. The van der Waals surface area contributed by atoms with E-state index >= 15 is 0 Å². The number of hydrogen-bond donors (Lipinski definition) is 2. The van der Waals surface area contributed by atoms with Crippen molar-refractivity contribution in [3.8, 4) is 0 Å². The zero-order valence-electron chi connectivity index (χ0n) is 11.7. The summed E-state index contributed by atoms with van der Waals surface area (Å²) in [5, 5.41) is 16.7. The van der Waals surface area contributed by atoms with Crippen LogP contribution in [0.1, 0.15) is 35.1 Å². The quantitative estimate of drug-likeness (QED) is 0.855. The van der Waals surface area contributed by atoms with Gasteiger partial charge in [-0.15, -0.1) is 0 Å². The second-order valence-electron chi connectivity index (χ2n) is 4.99. The lowest BCUT2D eigenvalue weighted by molar-refractivity contribution is -0.138. The van der Waals surface area contributed by atoms with Crippen LogP contribution in [0.5, 0.6) is 0 Å². The van der Waals surface area contributed by atoms with Crippen LogP contribution < -0.4 is 5.32 Å². The van der Waals surface area contributed by atoms with Gasteiger partial charge < -0.3 is 10.4 Å². The molecule has 0 fully saturated rings. The maximum absolute atomic E-state index is 10.9. The Morgan fingerprint density at radius 3 is 2.50 bits per heavy atom. The molecule has 0 aliphatic heterocycles. The maximum Gasteiger partial charge on any atom is 0.310 e. The van der Waals surface area contributed by atoms with Crippen LogP contribution >= 0.6 is 11.3 Å². The Morgan fingerprint density at radius 1 is 1.25 bits per heavy atom. The van der Waals surface area contributed by atoms with Gasteiger partial charge in [0.05, 0.1) is 5.92 Å². The van der Waals surface area contributed by atoms with E-state index < -0.39 is 11.9 Å². The van der Waals surface area contributed by atoms with Gasteiger partial charge in [0, 0.05) is 13.1 Å². The number of aliphatic carboxylic acids is 1. The predicted molar refractivity (Wildman–Crippen MR) is 82.1 cm³/mol. The highest BCUT2D eigenvalue weighted by Gasteiger charge is 2.12. The molecule has 1 atom stereocenters. The monoisotopic (exact) mass is 289 g/mol. The number of hydrogen-bond acceptors (Lipinski definition) is 3. The third-order valence-electron chi connectivity index (χ3n) is 3.46. The predicted octanol–water partition coefficient (Wildman–Crippen LogP) is 3.53. The lowest BCUT2D eigenvalue weighted by Crippen LogP contribution is -2.13. The summed E-state index contributed by atoms with van der Waals surface area (Å²) < 4.78 is 0. The molecule has 0 saturated heterocycles. The summed E-state index contributed by atoms with van der Waals surface area (Å²) >= 11 is 1.72. The fourth-order valence-corrected chi connectivity index (χ4v) is 2.83. The summed E-state index contributed by atoms with van der Waals surface area (Å²) in [5.41, 5.74) is 4.67. The summed E-state index contributed by atoms with van der Waals surface area (Å²) in [7, 11) is 0. The topological polar surface area (TPSA) is 49.3 Å². The minimum atomic E-state index is -0.788. The van der Waals surface area contributed by atoms with Crippen molar-refractivity contribution in [3.63, 3.8) is 0 Å². The number of carboxylic acid groups (broad SMARTS) is 1. The Bertz CT molecular complexity index is 574. The van der Waals surface area contributed by atoms with Gasteiger partial charge in [-0.2, -0.15) is 11.3 Å². The average molecular weight is 289 g/mol. The van der Waals surface area contributed by atoms with E-state index in [0.29, 0.717) is 0 Å². The van der Waals surface area contributed by atoms with Gasteiger partial charge >= 0.3 is 5.97 Å². The second-order valence-corrected chi connectivity index (χ2v) is 5.73. The van der Waals surface area contributed by atoms with Gasteiger partial charge in [0.1, 0.15) is 0 Å². The molecule has 0 aliphatic rings. The molecule has 0 spiro atoms. The van der Waals surface area contributed by atoms with E-state index in [0.717, 1.165) is 18.7 Å². The van der Waals surface area contributed by atoms with Gasteiger partial charge in [-0.25, -0.2) is 0 Å². The van der Waals surface area contributed by atoms with Crippen molar-refractivity contribution >= 4 is 17.3 Å². The lowest BCUT2D eigenvalue weighted by atomic mass is 10.00. The lowest BCUT2D eigenvalue weighted by Gasteiger charge is -2.09. The van der Waals surface area contributed by atoms with Crippen molar-refractivity contribution in [2.24, 2.45) is 0 Å². The van der Waals surface area contributed by atoms with Crippen LogP contribution in [0.3, 0.4) is 0 Å². The molecule has 106 valence electrons. The van der Waals surface area contributed by atoms with Gasteiger partial charge in [-0.3, -0.25) is 4.79 Å². The Hall–Kier alpha value is -1.65. The highest BCUT2D eigenvalue weighted by atomic mass is 32.1. The molecule has 3 nitrogen and oxygen atoms in total. The SMILES string of the molecule is Cc1cscc1CNCc1ccc(C(C)C(=O)O)cc1. The summed E-state index contributed by atoms with van der Waals surface area (Å²) in [5.74, 6) is -1.24. The van der Waals surface area contributed by atoms with Crippen LogP contribution in [0.4, 0.5) is 0 Å². The number of carboxylic acids is 1. The Labute approximate surface area is 123 Å². The molecular weight excluding hydrogens is 270 g/mol. The van der Waals surface area contributed by atoms with Crippen molar-refractivity contribution in [2.45, 2.75) is 32.9 Å².